The van der Waals surface area contributed by atoms with Crippen molar-refractivity contribution in [3.05, 3.63) is 80.2 Å². The summed E-state index contributed by atoms with van der Waals surface area (Å²) >= 11 is 1.33. The zero-order valence-corrected chi connectivity index (χ0v) is 17.1. The SMILES string of the molecule is Cc1[nH]c2ccccc2c1C=c1sc2nc(-c3oc4ccccc4c3C)nn2c1=O. The third kappa shape index (κ3) is 2.39. The van der Waals surface area contributed by atoms with E-state index < -0.39 is 0 Å². The number of aromatic nitrogens is 4. The lowest BCUT2D eigenvalue weighted by Gasteiger charge is -1.91. The van der Waals surface area contributed by atoms with Gasteiger partial charge in [-0.25, -0.2) is 0 Å². The van der Waals surface area contributed by atoms with Crippen molar-refractivity contribution in [2.45, 2.75) is 13.8 Å². The van der Waals surface area contributed by atoms with Crippen molar-refractivity contribution in [1.29, 1.82) is 0 Å². The molecular formula is C23H16N4O2S. The second kappa shape index (κ2) is 6.14. The molecule has 0 aliphatic heterocycles. The number of hydrogen-bond acceptors (Lipinski definition) is 5. The highest BCUT2D eigenvalue weighted by atomic mass is 32.1. The van der Waals surface area contributed by atoms with E-state index in [4.69, 9.17) is 4.42 Å². The molecule has 6 aromatic rings. The van der Waals surface area contributed by atoms with Gasteiger partial charge < -0.3 is 9.40 Å². The predicted octanol–water partition coefficient (Wildman–Crippen LogP) is 4.21. The van der Waals surface area contributed by atoms with E-state index in [1.54, 1.807) is 0 Å². The van der Waals surface area contributed by atoms with Crippen molar-refractivity contribution in [1.82, 2.24) is 19.6 Å². The topological polar surface area (TPSA) is 76.2 Å². The molecule has 6 nitrogen and oxygen atoms in total. The van der Waals surface area contributed by atoms with Crippen LogP contribution in [0.15, 0.2) is 57.7 Å². The molecule has 7 heteroatoms. The molecule has 0 saturated carbocycles. The van der Waals surface area contributed by atoms with Crippen LogP contribution >= 0.6 is 11.3 Å². The van der Waals surface area contributed by atoms with Crippen LogP contribution < -0.4 is 10.1 Å². The van der Waals surface area contributed by atoms with Crippen molar-refractivity contribution in [3.63, 3.8) is 0 Å². The molecule has 2 aromatic carbocycles. The van der Waals surface area contributed by atoms with Crippen LogP contribution in [0, 0.1) is 13.8 Å². The Labute approximate surface area is 174 Å². The summed E-state index contributed by atoms with van der Waals surface area (Å²) in [5.41, 5.74) is 4.67. The fraction of sp³-hybridized carbons (Fsp3) is 0.0870. The van der Waals surface area contributed by atoms with E-state index in [9.17, 15) is 4.79 Å². The number of aryl methyl sites for hydroxylation is 2. The molecule has 0 amide bonds. The molecule has 4 aromatic heterocycles. The normalized spacial score (nSPS) is 12.7. The summed E-state index contributed by atoms with van der Waals surface area (Å²) in [5, 5.41) is 6.57. The Morgan fingerprint density at radius 3 is 2.63 bits per heavy atom. The monoisotopic (exact) mass is 412 g/mol. The first-order valence-electron chi connectivity index (χ1n) is 9.57. The van der Waals surface area contributed by atoms with E-state index >= 15 is 0 Å². The van der Waals surface area contributed by atoms with E-state index in [1.807, 2.05) is 62.4 Å². The fourth-order valence-corrected chi connectivity index (χ4v) is 4.82. The minimum Gasteiger partial charge on any atom is -0.452 e. The van der Waals surface area contributed by atoms with Gasteiger partial charge in [-0.05, 0) is 32.1 Å². The average Bonchev–Trinajstić information content (AvgIpc) is 3.47. The fourth-order valence-electron chi connectivity index (χ4n) is 3.93. The number of nitrogens with one attached hydrogen (secondary N) is 1. The van der Waals surface area contributed by atoms with Gasteiger partial charge in [0.25, 0.3) is 5.56 Å². The minimum absolute atomic E-state index is 0.174. The lowest BCUT2D eigenvalue weighted by molar-refractivity contribution is 0.622. The largest absolute Gasteiger partial charge is 0.452 e. The smallest absolute Gasteiger partial charge is 0.291 e. The van der Waals surface area contributed by atoms with Crippen molar-refractivity contribution in [2.75, 3.05) is 0 Å². The van der Waals surface area contributed by atoms with Gasteiger partial charge in [0.1, 0.15) is 5.58 Å². The van der Waals surface area contributed by atoms with Gasteiger partial charge in [-0.15, -0.1) is 5.10 Å². The molecule has 146 valence electrons. The summed E-state index contributed by atoms with van der Waals surface area (Å²) in [4.78, 5) is 21.5. The lowest BCUT2D eigenvalue weighted by atomic mass is 10.1. The van der Waals surface area contributed by atoms with E-state index in [0.717, 1.165) is 38.7 Å². The molecule has 1 N–H and O–H groups in total. The number of nitrogens with zero attached hydrogens (tertiary/aromatic N) is 3. The Balaban J connectivity index is 1.52. The number of rotatable bonds is 2. The molecular weight excluding hydrogens is 396 g/mol. The molecule has 0 aliphatic carbocycles. The Kier molecular flexibility index (Phi) is 3.52. The first kappa shape index (κ1) is 17.2. The van der Waals surface area contributed by atoms with Gasteiger partial charge in [0, 0.05) is 33.1 Å². The van der Waals surface area contributed by atoms with Crippen molar-refractivity contribution in [3.8, 4) is 11.6 Å². The number of H-pyrrole nitrogens is 1. The first-order chi connectivity index (χ1) is 14.6. The second-order valence-electron chi connectivity index (χ2n) is 7.31. The summed E-state index contributed by atoms with van der Waals surface area (Å²) in [6, 6.07) is 15.9. The maximum absolute atomic E-state index is 13.0. The summed E-state index contributed by atoms with van der Waals surface area (Å²) in [7, 11) is 0. The first-order valence-corrected chi connectivity index (χ1v) is 10.4. The highest BCUT2D eigenvalue weighted by Crippen LogP contribution is 2.31. The van der Waals surface area contributed by atoms with Gasteiger partial charge in [0.2, 0.25) is 10.8 Å². The lowest BCUT2D eigenvalue weighted by Crippen LogP contribution is -2.23. The maximum Gasteiger partial charge on any atom is 0.291 e. The summed E-state index contributed by atoms with van der Waals surface area (Å²) in [5.74, 6) is 1.03. The summed E-state index contributed by atoms with van der Waals surface area (Å²) in [6.45, 7) is 3.99. The maximum atomic E-state index is 13.0. The molecule has 4 heterocycles. The van der Waals surface area contributed by atoms with E-state index in [2.05, 4.69) is 21.1 Å². The summed E-state index contributed by atoms with van der Waals surface area (Å²) in [6.07, 6.45) is 1.92. The molecule has 0 spiro atoms. The average molecular weight is 412 g/mol. The van der Waals surface area contributed by atoms with Crippen molar-refractivity contribution < 1.29 is 4.42 Å². The van der Waals surface area contributed by atoms with Crippen LogP contribution in [0.4, 0.5) is 0 Å². The van der Waals surface area contributed by atoms with Gasteiger partial charge in [0.15, 0.2) is 5.76 Å². The number of furan rings is 1. The van der Waals surface area contributed by atoms with Gasteiger partial charge in [-0.2, -0.15) is 9.50 Å². The van der Waals surface area contributed by atoms with Gasteiger partial charge in [0.05, 0.1) is 4.53 Å². The van der Waals surface area contributed by atoms with Gasteiger partial charge in [-0.1, -0.05) is 47.7 Å². The number of para-hydroxylation sites is 2. The molecule has 0 bridgehead atoms. The Morgan fingerprint density at radius 2 is 1.83 bits per heavy atom. The molecule has 0 unspecified atom stereocenters. The zero-order chi connectivity index (χ0) is 20.4. The van der Waals surface area contributed by atoms with E-state index in [-0.39, 0.29) is 5.56 Å². The third-order valence-electron chi connectivity index (χ3n) is 5.45. The molecule has 0 fully saturated rings. The highest BCUT2D eigenvalue weighted by molar-refractivity contribution is 7.15. The quantitative estimate of drug-likeness (QED) is 0.462. The summed E-state index contributed by atoms with van der Waals surface area (Å²) < 4.78 is 7.92. The predicted molar refractivity (Wildman–Crippen MR) is 119 cm³/mol. The van der Waals surface area contributed by atoms with Gasteiger partial charge in [-0.3, -0.25) is 4.79 Å². The van der Waals surface area contributed by atoms with Crippen LogP contribution in [0.1, 0.15) is 16.8 Å². The van der Waals surface area contributed by atoms with Crippen LogP contribution in [0.5, 0.6) is 0 Å². The highest BCUT2D eigenvalue weighted by Gasteiger charge is 2.19. The number of aromatic amines is 1. The van der Waals surface area contributed by atoms with Crippen LogP contribution in [0.3, 0.4) is 0 Å². The Hall–Kier alpha value is -3.71. The molecule has 0 radical (unpaired) electrons. The zero-order valence-electron chi connectivity index (χ0n) is 16.3. The number of fused-ring (bicyclic) bond motifs is 3. The molecule has 30 heavy (non-hydrogen) atoms. The number of thiazole rings is 1. The van der Waals surface area contributed by atoms with Crippen molar-refractivity contribution in [2.24, 2.45) is 0 Å². The molecule has 0 atom stereocenters. The molecule has 6 rings (SSSR count). The van der Waals surface area contributed by atoms with Crippen LogP contribution in [-0.4, -0.2) is 19.6 Å². The number of hydrogen-bond donors (Lipinski definition) is 1. The van der Waals surface area contributed by atoms with Crippen LogP contribution in [-0.2, 0) is 0 Å². The Morgan fingerprint density at radius 1 is 1.07 bits per heavy atom. The standard InChI is InChI=1S/C23H16N4O2S/c1-12-14-7-4-6-10-18(14)29-20(12)21-25-23-27(26-21)22(28)19(30-23)11-16-13(2)24-17-9-5-3-8-15(16)17/h3-11,24H,1-2H3. The molecule has 0 aliphatic rings. The third-order valence-corrected chi connectivity index (χ3v) is 6.41. The minimum atomic E-state index is -0.174. The second-order valence-corrected chi connectivity index (χ2v) is 8.32. The number of benzene rings is 2. The van der Waals surface area contributed by atoms with Crippen molar-refractivity contribution >= 4 is 44.2 Å². The van der Waals surface area contributed by atoms with Crippen LogP contribution in [0.2, 0.25) is 0 Å². The molecule has 0 saturated heterocycles. The Bertz CT molecular complexity index is 1700. The van der Waals surface area contributed by atoms with Gasteiger partial charge >= 0.3 is 0 Å². The van der Waals surface area contributed by atoms with E-state index in [1.165, 1.54) is 15.9 Å². The van der Waals surface area contributed by atoms with Crippen LogP contribution in [0.25, 0.3) is 44.5 Å². The van der Waals surface area contributed by atoms with E-state index in [0.29, 0.717) is 21.1 Å².